The lowest BCUT2D eigenvalue weighted by molar-refractivity contribution is -0.145. The molecule has 1 aromatic rings. The number of thioether (sulfide) groups is 1. The van der Waals surface area contributed by atoms with Gasteiger partial charge in [-0.1, -0.05) is 31.0 Å². The molecule has 1 saturated heterocycles. The second-order valence-electron chi connectivity index (χ2n) is 7.22. The summed E-state index contributed by atoms with van der Waals surface area (Å²) in [7, 11) is 0. The first kappa shape index (κ1) is 19.2. The van der Waals surface area contributed by atoms with Gasteiger partial charge >= 0.3 is 5.97 Å². The third kappa shape index (κ3) is 4.60. The number of ether oxygens (including phenoxy) is 1. The Morgan fingerprint density at radius 1 is 1.19 bits per heavy atom. The van der Waals surface area contributed by atoms with Crippen LogP contribution in [0.15, 0.2) is 35.2 Å². The summed E-state index contributed by atoms with van der Waals surface area (Å²) in [5.41, 5.74) is 0. The van der Waals surface area contributed by atoms with Crippen LogP contribution in [0.25, 0.3) is 0 Å². The van der Waals surface area contributed by atoms with E-state index >= 15 is 0 Å². The highest BCUT2D eigenvalue weighted by Crippen LogP contribution is 2.45. The lowest BCUT2D eigenvalue weighted by Gasteiger charge is -2.30. The molecule has 2 N–H and O–H groups in total. The average molecular weight is 378 g/mol. The van der Waals surface area contributed by atoms with Gasteiger partial charge in [0, 0.05) is 24.7 Å². The van der Waals surface area contributed by atoms with Crippen LogP contribution in [0, 0.1) is 11.8 Å². The maximum absolute atomic E-state index is 13.0. The predicted molar refractivity (Wildman–Crippen MR) is 101 cm³/mol. The SMILES string of the molecule is O=C(O)C(CNC(=O)C1(Sc2ccccc2)CCCC1)C1CCOCC1. The van der Waals surface area contributed by atoms with Gasteiger partial charge in [0.25, 0.3) is 0 Å². The molecule has 142 valence electrons. The van der Waals surface area contributed by atoms with Crippen LogP contribution in [0.1, 0.15) is 38.5 Å². The van der Waals surface area contributed by atoms with E-state index in [4.69, 9.17) is 4.74 Å². The molecular weight excluding hydrogens is 350 g/mol. The number of nitrogens with one attached hydrogen (secondary N) is 1. The molecule has 3 rings (SSSR count). The monoisotopic (exact) mass is 377 g/mol. The fraction of sp³-hybridized carbons (Fsp3) is 0.600. The van der Waals surface area contributed by atoms with Crippen LogP contribution in [-0.4, -0.2) is 41.5 Å². The van der Waals surface area contributed by atoms with Crippen LogP contribution in [-0.2, 0) is 14.3 Å². The smallest absolute Gasteiger partial charge is 0.308 e. The number of hydrogen-bond donors (Lipinski definition) is 2. The van der Waals surface area contributed by atoms with Gasteiger partial charge < -0.3 is 15.2 Å². The molecule has 1 unspecified atom stereocenters. The van der Waals surface area contributed by atoms with Crippen molar-refractivity contribution in [1.29, 1.82) is 0 Å². The van der Waals surface area contributed by atoms with Crippen LogP contribution in [0.3, 0.4) is 0 Å². The molecule has 2 fully saturated rings. The Hall–Kier alpha value is -1.53. The zero-order valence-electron chi connectivity index (χ0n) is 15.0. The minimum absolute atomic E-state index is 0.0119. The summed E-state index contributed by atoms with van der Waals surface area (Å²) in [6.45, 7) is 1.42. The number of rotatable bonds is 7. The number of carboxylic acid groups (broad SMARTS) is 1. The van der Waals surface area contributed by atoms with Crippen molar-refractivity contribution in [3.05, 3.63) is 30.3 Å². The Balaban J connectivity index is 1.64. The van der Waals surface area contributed by atoms with Gasteiger partial charge in [0.2, 0.25) is 5.91 Å². The van der Waals surface area contributed by atoms with Crippen LogP contribution < -0.4 is 5.32 Å². The predicted octanol–water partition coefficient (Wildman–Crippen LogP) is 3.34. The fourth-order valence-electron chi connectivity index (χ4n) is 3.97. The fourth-order valence-corrected chi connectivity index (χ4v) is 5.38. The molecule has 6 heteroatoms. The number of aliphatic carboxylic acids is 1. The molecule has 1 atom stereocenters. The van der Waals surface area contributed by atoms with Crippen molar-refractivity contribution in [2.45, 2.75) is 48.2 Å². The van der Waals surface area contributed by atoms with E-state index in [1.165, 1.54) is 0 Å². The third-order valence-corrected chi connectivity index (χ3v) is 7.01. The first-order valence-corrected chi connectivity index (χ1v) is 10.3. The van der Waals surface area contributed by atoms with E-state index in [0.717, 1.165) is 43.4 Å². The molecule has 1 saturated carbocycles. The maximum Gasteiger partial charge on any atom is 0.308 e. The van der Waals surface area contributed by atoms with Gasteiger partial charge in [0.1, 0.15) is 0 Å². The van der Waals surface area contributed by atoms with E-state index in [1.54, 1.807) is 11.8 Å². The van der Waals surface area contributed by atoms with Crippen molar-refractivity contribution in [2.24, 2.45) is 11.8 Å². The second kappa shape index (κ2) is 8.91. The highest BCUT2D eigenvalue weighted by Gasteiger charge is 2.42. The summed E-state index contributed by atoms with van der Waals surface area (Å²) in [5.74, 6) is -1.30. The van der Waals surface area contributed by atoms with Crippen LogP contribution >= 0.6 is 11.8 Å². The van der Waals surface area contributed by atoms with E-state index in [9.17, 15) is 14.7 Å². The summed E-state index contributed by atoms with van der Waals surface area (Å²) in [5, 5.41) is 12.6. The zero-order valence-corrected chi connectivity index (χ0v) is 15.8. The van der Waals surface area contributed by atoms with Crippen LogP contribution in [0.2, 0.25) is 0 Å². The minimum Gasteiger partial charge on any atom is -0.481 e. The first-order valence-electron chi connectivity index (χ1n) is 9.44. The lowest BCUT2D eigenvalue weighted by Crippen LogP contribution is -2.46. The molecule has 0 aromatic heterocycles. The molecule has 2 aliphatic rings. The van der Waals surface area contributed by atoms with E-state index in [1.807, 2.05) is 30.3 Å². The van der Waals surface area contributed by atoms with Crippen molar-refractivity contribution in [2.75, 3.05) is 19.8 Å². The Kier molecular flexibility index (Phi) is 6.59. The Labute approximate surface area is 158 Å². The Bertz CT molecular complexity index is 609. The molecule has 1 heterocycles. The molecule has 1 aliphatic carbocycles. The highest BCUT2D eigenvalue weighted by molar-refractivity contribution is 8.01. The van der Waals surface area contributed by atoms with Gasteiger partial charge in [-0.05, 0) is 43.7 Å². The summed E-state index contributed by atoms with van der Waals surface area (Å²) in [6, 6.07) is 9.99. The summed E-state index contributed by atoms with van der Waals surface area (Å²) < 4.78 is 4.86. The number of hydrogen-bond acceptors (Lipinski definition) is 4. The van der Waals surface area contributed by atoms with Gasteiger partial charge in [-0.25, -0.2) is 0 Å². The van der Waals surface area contributed by atoms with Crippen molar-refractivity contribution < 1.29 is 19.4 Å². The summed E-state index contributed by atoms with van der Waals surface area (Å²) in [6.07, 6.45) is 5.25. The van der Waals surface area contributed by atoms with E-state index in [0.29, 0.717) is 13.2 Å². The molecule has 0 radical (unpaired) electrons. The van der Waals surface area contributed by atoms with Gasteiger partial charge in [-0.3, -0.25) is 9.59 Å². The Morgan fingerprint density at radius 2 is 1.85 bits per heavy atom. The number of carboxylic acids is 1. The molecule has 1 aromatic carbocycles. The van der Waals surface area contributed by atoms with Crippen molar-refractivity contribution in [3.63, 3.8) is 0 Å². The lowest BCUT2D eigenvalue weighted by atomic mass is 9.86. The molecule has 1 amide bonds. The molecule has 5 nitrogen and oxygen atoms in total. The van der Waals surface area contributed by atoms with Crippen molar-refractivity contribution in [1.82, 2.24) is 5.32 Å². The van der Waals surface area contributed by atoms with Gasteiger partial charge in [-0.15, -0.1) is 11.8 Å². The third-order valence-electron chi connectivity index (χ3n) is 5.52. The van der Waals surface area contributed by atoms with Crippen LogP contribution in [0.4, 0.5) is 0 Å². The standard InChI is InChI=1S/C20H27NO4S/c22-18(23)17(15-8-12-25-13-9-15)14-21-19(24)20(10-4-5-11-20)26-16-6-2-1-3-7-16/h1-3,6-7,15,17H,4-5,8-14H2,(H,21,24)(H,22,23). The topological polar surface area (TPSA) is 75.6 Å². The molecule has 0 spiro atoms. The number of amides is 1. The highest BCUT2D eigenvalue weighted by atomic mass is 32.2. The van der Waals surface area contributed by atoms with Crippen LogP contribution in [0.5, 0.6) is 0 Å². The maximum atomic E-state index is 13.0. The van der Waals surface area contributed by atoms with Gasteiger partial charge in [0.15, 0.2) is 0 Å². The first-order chi connectivity index (χ1) is 12.6. The van der Waals surface area contributed by atoms with Crippen molar-refractivity contribution in [3.8, 4) is 0 Å². The average Bonchev–Trinajstić information content (AvgIpc) is 3.13. The van der Waals surface area contributed by atoms with Gasteiger partial charge in [-0.2, -0.15) is 0 Å². The normalized spacial score (nSPS) is 21.2. The summed E-state index contributed by atoms with van der Waals surface area (Å²) >= 11 is 1.62. The molecule has 0 bridgehead atoms. The van der Waals surface area contributed by atoms with E-state index < -0.39 is 16.6 Å². The van der Waals surface area contributed by atoms with E-state index in [-0.39, 0.29) is 18.4 Å². The van der Waals surface area contributed by atoms with E-state index in [2.05, 4.69) is 5.32 Å². The largest absolute Gasteiger partial charge is 0.481 e. The number of carbonyl (C=O) groups is 2. The second-order valence-corrected chi connectivity index (χ2v) is 8.68. The zero-order chi connectivity index (χ0) is 18.4. The number of benzene rings is 1. The van der Waals surface area contributed by atoms with Gasteiger partial charge in [0.05, 0.1) is 10.7 Å². The minimum atomic E-state index is -0.826. The van der Waals surface area contributed by atoms with Crippen molar-refractivity contribution >= 4 is 23.6 Å². The number of carbonyl (C=O) groups excluding carboxylic acids is 1. The molecule has 1 aliphatic heterocycles. The molecular formula is C20H27NO4S. The Morgan fingerprint density at radius 3 is 2.46 bits per heavy atom. The molecule has 26 heavy (non-hydrogen) atoms. The summed E-state index contributed by atoms with van der Waals surface area (Å²) in [4.78, 5) is 25.8. The quantitative estimate of drug-likeness (QED) is 0.762.